The third-order valence-corrected chi connectivity index (χ3v) is 3.51. The van der Waals surface area contributed by atoms with E-state index in [4.69, 9.17) is 11.6 Å². The summed E-state index contributed by atoms with van der Waals surface area (Å²) in [5.74, 6) is -0.0794. The van der Waals surface area contributed by atoms with E-state index >= 15 is 0 Å². The smallest absolute Gasteiger partial charge is 0.240 e. The summed E-state index contributed by atoms with van der Waals surface area (Å²) >= 11 is 5.97. The van der Waals surface area contributed by atoms with Gasteiger partial charge >= 0.3 is 0 Å². The summed E-state index contributed by atoms with van der Waals surface area (Å²) in [6, 6.07) is 6.66. The molecule has 1 heterocycles. The van der Waals surface area contributed by atoms with Gasteiger partial charge in [0.15, 0.2) is 5.43 Å². The minimum Gasteiger partial charge on any atom is -0.352 e. The molecule has 2 aromatic rings. The number of aromatic nitrogens is 1. The van der Waals surface area contributed by atoms with Crippen LogP contribution < -0.4 is 10.7 Å². The van der Waals surface area contributed by atoms with Gasteiger partial charge in [-0.1, -0.05) is 18.5 Å². The molecule has 1 aromatic carbocycles. The topological polar surface area (TPSA) is 51.1 Å². The van der Waals surface area contributed by atoms with Gasteiger partial charge in [0, 0.05) is 28.7 Å². The molecule has 1 atom stereocenters. The molecular formula is C15H17ClN2O2. The van der Waals surface area contributed by atoms with Crippen molar-refractivity contribution in [2.75, 3.05) is 0 Å². The van der Waals surface area contributed by atoms with Gasteiger partial charge in [0.2, 0.25) is 5.91 Å². The third-order valence-electron chi connectivity index (χ3n) is 3.27. The highest BCUT2D eigenvalue weighted by molar-refractivity contribution is 6.31. The number of amides is 1. The van der Waals surface area contributed by atoms with E-state index in [9.17, 15) is 9.59 Å². The molecule has 0 aliphatic carbocycles. The van der Waals surface area contributed by atoms with Crippen LogP contribution in [0.4, 0.5) is 0 Å². The summed E-state index contributed by atoms with van der Waals surface area (Å²) in [5, 5.41) is 4.01. The van der Waals surface area contributed by atoms with Gasteiger partial charge in [-0.3, -0.25) is 9.59 Å². The number of carbonyl (C=O) groups is 1. The number of hydrogen-bond acceptors (Lipinski definition) is 2. The average molecular weight is 293 g/mol. The van der Waals surface area contributed by atoms with E-state index in [1.165, 1.54) is 6.07 Å². The molecule has 0 aliphatic rings. The summed E-state index contributed by atoms with van der Waals surface area (Å²) < 4.78 is 1.74. The van der Waals surface area contributed by atoms with E-state index < -0.39 is 0 Å². The van der Waals surface area contributed by atoms with Crippen LogP contribution in [0.15, 0.2) is 35.3 Å². The first-order valence-corrected chi connectivity index (χ1v) is 6.97. The molecule has 106 valence electrons. The number of pyridine rings is 1. The lowest BCUT2D eigenvalue weighted by molar-refractivity contribution is -0.122. The molecule has 0 radical (unpaired) electrons. The van der Waals surface area contributed by atoms with Crippen molar-refractivity contribution in [2.45, 2.75) is 32.9 Å². The monoisotopic (exact) mass is 292 g/mol. The van der Waals surface area contributed by atoms with Crippen molar-refractivity contribution in [1.82, 2.24) is 9.88 Å². The second-order valence-electron chi connectivity index (χ2n) is 4.85. The second-order valence-corrected chi connectivity index (χ2v) is 5.28. The molecule has 0 bridgehead atoms. The molecular weight excluding hydrogens is 276 g/mol. The molecule has 0 saturated heterocycles. The largest absolute Gasteiger partial charge is 0.352 e. The van der Waals surface area contributed by atoms with Crippen LogP contribution in [0, 0.1) is 0 Å². The summed E-state index contributed by atoms with van der Waals surface area (Å²) in [4.78, 5) is 23.7. The van der Waals surface area contributed by atoms with Crippen molar-refractivity contribution in [3.8, 4) is 0 Å². The predicted octanol–water partition coefficient (Wildman–Crippen LogP) is 2.57. The summed E-state index contributed by atoms with van der Waals surface area (Å²) in [7, 11) is 0. The number of hydrogen-bond donors (Lipinski definition) is 1. The molecule has 1 amide bonds. The Morgan fingerprint density at radius 2 is 2.15 bits per heavy atom. The van der Waals surface area contributed by atoms with Gasteiger partial charge < -0.3 is 9.88 Å². The Morgan fingerprint density at radius 3 is 2.85 bits per heavy atom. The standard InChI is InChI=1S/C15H17ClN2O2/c1-3-10(2)17-15(20)9-18-7-6-14(19)12-5-4-11(16)8-13(12)18/h4-8,10H,3,9H2,1-2H3,(H,17,20). The van der Waals surface area contributed by atoms with Crippen molar-refractivity contribution in [1.29, 1.82) is 0 Å². The van der Waals surface area contributed by atoms with Gasteiger partial charge in [-0.25, -0.2) is 0 Å². The summed E-state index contributed by atoms with van der Waals surface area (Å²) in [6.07, 6.45) is 2.50. The summed E-state index contributed by atoms with van der Waals surface area (Å²) in [5.41, 5.74) is 0.597. The Balaban J connectivity index is 2.35. The number of halogens is 1. The van der Waals surface area contributed by atoms with E-state index in [0.717, 1.165) is 6.42 Å². The van der Waals surface area contributed by atoms with Gasteiger partial charge in [-0.05, 0) is 31.5 Å². The minimum absolute atomic E-state index is 0.0738. The molecule has 2 rings (SSSR count). The van der Waals surface area contributed by atoms with Gasteiger partial charge in [0.1, 0.15) is 6.54 Å². The molecule has 0 spiro atoms. The Hall–Kier alpha value is -1.81. The van der Waals surface area contributed by atoms with E-state index in [1.54, 1.807) is 29.0 Å². The molecule has 1 unspecified atom stereocenters. The van der Waals surface area contributed by atoms with Gasteiger partial charge in [-0.2, -0.15) is 0 Å². The normalized spacial score (nSPS) is 12.3. The fraction of sp³-hybridized carbons (Fsp3) is 0.333. The highest BCUT2D eigenvalue weighted by Crippen LogP contribution is 2.16. The fourth-order valence-corrected chi connectivity index (χ4v) is 2.16. The maximum Gasteiger partial charge on any atom is 0.240 e. The maximum absolute atomic E-state index is 12.0. The number of rotatable bonds is 4. The van der Waals surface area contributed by atoms with Crippen molar-refractivity contribution in [2.24, 2.45) is 0 Å². The van der Waals surface area contributed by atoms with Crippen LogP contribution in [0.2, 0.25) is 5.02 Å². The quantitative estimate of drug-likeness (QED) is 0.941. The molecule has 0 aliphatic heterocycles. The Kier molecular flexibility index (Phi) is 4.45. The fourth-order valence-electron chi connectivity index (χ4n) is 1.99. The van der Waals surface area contributed by atoms with Crippen LogP contribution in [0.1, 0.15) is 20.3 Å². The van der Waals surface area contributed by atoms with Gasteiger partial charge in [-0.15, -0.1) is 0 Å². The van der Waals surface area contributed by atoms with E-state index in [2.05, 4.69) is 5.32 Å². The maximum atomic E-state index is 12.0. The number of nitrogens with zero attached hydrogens (tertiary/aromatic N) is 1. The number of nitrogens with one attached hydrogen (secondary N) is 1. The lowest BCUT2D eigenvalue weighted by Crippen LogP contribution is -2.34. The van der Waals surface area contributed by atoms with Crippen LogP contribution in [-0.4, -0.2) is 16.5 Å². The first kappa shape index (κ1) is 14.6. The molecule has 1 aromatic heterocycles. The van der Waals surface area contributed by atoms with Crippen molar-refractivity contribution in [3.05, 3.63) is 45.7 Å². The van der Waals surface area contributed by atoms with Crippen LogP contribution >= 0.6 is 11.6 Å². The first-order chi connectivity index (χ1) is 9.51. The van der Waals surface area contributed by atoms with Crippen LogP contribution in [0.5, 0.6) is 0 Å². The van der Waals surface area contributed by atoms with Crippen molar-refractivity contribution in [3.63, 3.8) is 0 Å². The molecule has 4 nitrogen and oxygen atoms in total. The second kappa shape index (κ2) is 6.09. The zero-order valence-corrected chi connectivity index (χ0v) is 12.3. The Labute approximate surface area is 122 Å². The van der Waals surface area contributed by atoms with Crippen molar-refractivity contribution < 1.29 is 4.79 Å². The molecule has 0 fully saturated rings. The Bertz CT molecular complexity index is 694. The van der Waals surface area contributed by atoms with E-state index in [-0.39, 0.29) is 23.9 Å². The SMILES string of the molecule is CCC(C)NC(=O)Cn1ccc(=O)c2ccc(Cl)cc21. The zero-order chi connectivity index (χ0) is 14.7. The number of fused-ring (bicyclic) bond motifs is 1. The lowest BCUT2D eigenvalue weighted by Gasteiger charge is -2.14. The average Bonchev–Trinajstić information content (AvgIpc) is 2.41. The summed E-state index contributed by atoms with van der Waals surface area (Å²) in [6.45, 7) is 4.14. The first-order valence-electron chi connectivity index (χ1n) is 6.59. The molecule has 20 heavy (non-hydrogen) atoms. The van der Waals surface area contributed by atoms with Gasteiger partial charge in [0.25, 0.3) is 0 Å². The molecule has 5 heteroatoms. The molecule has 0 saturated carbocycles. The predicted molar refractivity (Wildman–Crippen MR) is 81.1 cm³/mol. The van der Waals surface area contributed by atoms with E-state index in [0.29, 0.717) is 15.9 Å². The third kappa shape index (κ3) is 3.20. The molecule has 1 N–H and O–H groups in total. The lowest BCUT2D eigenvalue weighted by atomic mass is 10.2. The van der Waals surface area contributed by atoms with Crippen LogP contribution in [-0.2, 0) is 11.3 Å². The Morgan fingerprint density at radius 1 is 1.40 bits per heavy atom. The van der Waals surface area contributed by atoms with Crippen molar-refractivity contribution >= 4 is 28.4 Å². The van der Waals surface area contributed by atoms with E-state index in [1.807, 2.05) is 13.8 Å². The van der Waals surface area contributed by atoms with Gasteiger partial charge in [0.05, 0.1) is 5.52 Å². The highest BCUT2D eigenvalue weighted by atomic mass is 35.5. The van der Waals surface area contributed by atoms with Crippen LogP contribution in [0.25, 0.3) is 10.9 Å². The zero-order valence-electron chi connectivity index (χ0n) is 11.5. The number of benzene rings is 1. The minimum atomic E-state index is -0.0794. The number of carbonyl (C=O) groups excluding carboxylic acids is 1. The van der Waals surface area contributed by atoms with Crippen LogP contribution in [0.3, 0.4) is 0 Å². The highest BCUT2D eigenvalue weighted by Gasteiger charge is 2.09.